The van der Waals surface area contributed by atoms with Crippen LogP contribution in [0.4, 0.5) is 10.5 Å². The third-order valence-electron chi connectivity index (χ3n) is 4.83. The third kappa shape index (κ3) is 7.26. The normalized spacial score (nSPS) is 13.0. The van der Waals surface area contributed by atoms with Gasteiger partial charge in [0.1, 0.15) is 6.61 Å². The summed E-state index contributed by atoms with van der Waals surface area (Å²) in [5, 5.41) is 13.7. The number of hydrogen-bond donors (Lipinski definition) is 2. The number of rotatable bonds is 8. The Labute approximate surface area is 193 Å². The van der Waals surface area contributed by atoms with Crippen molar-refractivity contribution in [3.8, 4) is 0 Å². The molecule has 2 aromatic rings. The van der Waals surface area contributed by atoms with Gasteiger partial charge in [0.2, 0.25) is 0 Å². The molecule has 0 spiro atoms. The summed E-state index contributed by atoms with van der Waals surface area (Å²) in [6.07, 6.45) is 0.446. The zero-order valence-electron chi connectivity index (χ0n) is 18.6. The molecule has 9 heteroatoms. The van der Waals surface area contributed by atoms with Crippen LogP contribution < -0.4 is 5.32 Å². The summed E-state index contributed by atoms with van der Waals surface area (Å²) in [6.45, 7) is 7.05. The molecule has 172 valence electrons. The minimum Gasteiger partial charge on any atom is -0.463 e. The van der Waals surface area contributed by atoms with E-state index in [4.69, 9.17) is 4.74 Å². The Morgan fingerprint density at radius 1 is 1.12 bits per heavy atom. The molecule has 2 atom stereocenters. The van der Waals surface area contributed by atoms with Crippen molar-refractivity contribution in [2.24, 2.45) is 5.41 Å². The maximum atomic E-state index is 12.9. The summed E-state index contributed by atoms with van der Waals surface area (Å²) < 4.78 is 6.69. The van der Waals surface area contributed by atoms with E-state index >= 15 is 0 Å². The molecule has 0 fully saturated rings. The molecule has 0 bridgehead atoms. The van der Waals surface area contributed by atoms with Crippen LogP contribution in [-0.2, 0) is 16.0 Å². The van der Waals surface area contributed by atoms with E-state index < -0.39 is 28.5 Å². The zero-order valence-corrected chi connectivity index (χ0v) is 19.5. The minimum absolute atomic E-state index is 0.00612. The number of urea groups is 1. The van der Waals surface area contributed by atoms with Gasteiger partial charge in [-0.05, 0) is 45.2 Å². The Bertz CT molecular complexity index is 929. The molecule has 2 amide bonds. The van der Waals surface area contributed by atoms with Gasteiger partial charge in [0.25, 0.3) is 5.69 Å². The number of carbonyl (C=O) groups excluding carboxylic acids is 2. The van der Waals surface area contributed by atoms with Crippen molar-refractivity contribution >= 4 is 30.5 Å². The fourth-order valence-corrected chi connectivity index (χ4v) is 3.08. The monoisotopic (exact) mass is 459 g/mol. The van der Waals surface area contributed by atoms with Crippen LogP contribution in [0.1, 0.15) is 44.9 Å². The summed E-state index contributed by atoms with van der Waals surface area (Å²) in [4.78, 5) is 35.5. The number of nitrogens with zero attached hydrogens (tertiary/aromatic N) is 2. The molecule has 1 N–H and O–H groups in total. The second-order valence-electron chi connectivity index (χ2n) is 8.56. The summed E-state index contributed by atoms with van der Waals surface area (Å²) in [7, 11) is 0. The molecule has 0 radical (unpaired) electrons. The molecule has 0 saturated carbocycles. The van der Waals surface area contributed by atoms with Crippen molar-refractivity contribution in [2.75, 3.05) is 6.61 Å². The number of hydrogen-bond acceptors (Lipinski definition) is 6. The van der Waals surface area contributed by atoms with Crippen LogP contribution in [0.25, 0.3) is 0 Å². The van der Waals surface area contributed by atoms with Crippen LogP contribution in [0.15, 0.2) is 54.6 Å². The molecule has 0 aromatic heterocycles. The van der Waals surface area contributed by atoms with Crippen LogP contribution in [0, 0.1) is 15.5 Å². The van der Waals surface area contributed by atoms with Crippen molar-refractivity contribution in [2.45, 2.75) is 46.2 Å². The summed E-state index contributed by atoms with van der Waals surface area (Å²) >= 11 is 4.40. The van der Waals surface area contributed by atoms with Gasteiger partial charge in [-0.2, -0.15) is 0 Å². The quantitative estimate of drug-likeness (QED) is 0.258. The Hall–Kier alpha value is -3.07. The third-order valence-corrected chi connectivity index (χ3v) is 5.34. The molecule has 8 nitrogen and oxygen atoms in total. The van der Waals surface area contributed by atoms with E-state index in [0.29, 0.717) is 12.0 Å². The Morgan fingerprint density at radius 2 is 1.72 bits per heavy atom. The lowest BCUT2D eigenvalue weighted by Crippen LogP contribution is -2.45. The minimum atomic E-state index is -0.661. The maximum Gasteiger partial charge on any atom is 0.328 e. The molecule has 0 aliphatic carbocycles. The molecule has 0 aliphatic heterocycles. The fourth-order valence-electron chi connectivity index (χ4n) is 2.88. The first-order valence-corrected chi connectivity index (χ1v) is 10.6. The second kappa shape index (κ2) is 11.0. The van der Waals surface area contributed by atoms with Crippen LogP contribution in [0.3, 0.4) is 0 Å². The molecule has 2 aromatic carbocycles. The van der Waals surface area contributed by atoms with Gasteiger partial charge in [0, 0.05) is 12.1 Å². The Morgan fingerprint density at radius 3 is 2.25 bits per heavy atom. The van der Waals surface area contributed by atoms with E-state index in [1.54, 1.807) is 39.8 Å². The average Bonchev–Trinajstić information content (AvgIpc) is 2.75. The van der Waals surface area contributed by atoms with E-state index in [0.717, 1.165) is 5.56 Å². The first-order valence-electron chi connectivity index (χ1n) is 10.2. The van der Waals surface area contributed by atoms with Crippen LogP contribution in [-0.4, -0.2) is 33.9 Å². The van der Waals surface area contributed by atoms with Crippen LogP contribution >= 0.6 is 12.8 Å². The predicted molar refractivity (Wildman–Crippen MR) is 125 cm³/mol. The van der Waals surface area contributed by atoms with Gasteiger partial charge >= 0.3 is 12.0 Å². The zero-order chi connectivity index (χ0) is 23.9. The van der Waals surface area contributed by atoms with Crippen molar-refractivity contribution < 1.29 is 19.2 Å². The molecule has 0 saturated heterocycles. The highest BCUT2D eigenvalue weighted by Gasteiger charge is 2.28. The molecule has 2 rings (SSSR count). The van der Waals surface area contributed by atoms with E-state index in [1.165, 1.54) is 16.4 Å². The summed E-state index contributed by atoms with van der Waals surface area (Å²) in [6, 6.07) is 14.1. The SMILES string of the molecule is C[C@H](NC(=O)N(S)[C@H](COC(=O)C(C)(C)C)Cc1ccccc1)c1ccc([N+](=O)[O-])cc1. The number of ether oxygens (including phenoxy) is 1. The van der Waals surface area contributed by atoms with Crippen molar-refractivity contribution in [1.29, 1.82) is 0 Å². The average molecular weight is 460 g/mol. The lowest BCUT2D eigenvalue weighted by atomic mass is 9.97. The number of esters is 1. The number of amides is 2. The fraction of sp³-hybridized carbons (Fsp3) is 0.391. The Balaban J connectivity index is 2.10. The number of non-ortho nitro benzene ring substituents is 1. The van der Waals surface area contributed by atoms with E-state index in [9.17, 15) is 19.7 Å². The number of nitro groups is 1. The molecule has 0 aliphatic rings. The van der Waals surface area contributed by atoms with Gasteiger partial charge in [-0.1, -0.05) is 55.3 Å². The lowest BCUT2D eigenvalue weighted by molar-refractivity contribution is -0.384. The van der Waals surface area contributed by atoms with Gasteiger partial charge < -0.3 is 10.1 Å². The molecule has 0 heterocycles. The van der Waals surface area contributed by atoms with E-state index in [-0.39, 0.29) is 18.3 Å². The number of thiol groups is 1. The van der Waals surface area contributed by atoms with Gasteiger partial charge in [-0.15, -0.1) is 0 Å². The standard InChI is InChI=1S/C23H29N3O5S/c1-16(18-10-12-19(13-11-18)26(29)30)24-22(28)25(32)20(14-17-8-6-5-7-9-17)15-31-21(27)23(2,3)4/h5-13,16,20,32H,14-15H2,1-4H3,(H,24,28)/t16-,20-/m0/s1. The lowest BCUT2D eigenvalue weighted by Gasteiger charge is -2.29. The number of benzene rings is 2. The molecule has 32 heavy (non-hydrogen) atoms. The second-order valence-corrected chi connectivity index (χ2v) is 8.99. The Kier molecular flexibility index (Phi) is 8.65. The van der Waals surface area contributed by atoms with Crippen LogP contribution in [0.2, 0.25) is 0 Å². The largest absolute Gasteiger partial charge is 0.463 e. The van der Waals surface area contributed by atoms with Crippen molar-refractivity contribution in [3.63, 3.8) is 0 Å². The smallest absolute Gasteiger partial charge is 0.328 e. The van der Waals surface area contributed by atoms with Gasteiger partial charge in [0.15, 0.2) is 0 Å². The first-order chi connectivity index (χ1) is 15.0. The molecular weight excluding hydrogens is 430 g/mol. The molecule has 0 unspecified atom stereocenters. The summed E-state index contributed by atoms with van der Waals surface area (Å²) in [5.41, 5.74) is 1.00. The van der Waals surface area contributed by atoms with Crippen molar-refractivity contribution in [1.82, 2.24) is 9.62 Å². The highest BCUT2D eigenvalue weighted by molar-refractivity contribution is 7.78. The maximum absolute atomic E-state index is 12.9. The predicted octanol–water partition coefficient (Wildman–Crippen LogP) is 4.71. The van der Waals surface area contributed by atoms with E-state index in [2.05, 4.69) is 18.1 Å². The highest BCUT2D eigenvalue weighted by Crippen LogP contribution is 2.20. The van der Waals surface area contributed by atoms with E-state index in [1.807, 2.05) is 30.3 Å². The van der Waals surface area contributed by atoms with Crippen molar-refractivity contribution in [3.05, 3.63) is 75.8 Å². The summed E-state index contributed by atoms with van der Waals surface area (Å²) in [5.74, 6) is -0.364. The van der Waals surface area contributed by atoms with Gasteiger partial charge in [-0.3, -0.25) is 19.2 Å². The number of nitro benzene ring substituents is 1. The first kappa shape index (κ1) is 25.2. The molecular formula is C23H29N3O5S. The number of carbonyl (C=O) groups is 2. The highest BCUT2D eigenvalue weighted by atomic mass is 32.1. The topological polar surface area (TPSA) is 102 Å². The number of nitrogens with one attached hydrogen (secondary N) is 1. The van der Waals surface area contributed by atoms with Crippen LogP contribution in [0.5, 0.6) is 0 Å². The van der Waals surface area contributed by atoms with Gasteiger partial charge in [0.05, 0.1) is 22.4 Å². The van der Waals surface area contributed by atoms with Gasteiger partial charge in [-0.25, -0.2) is 4.79 Å².